The second-order valence-corrected chi connectivity index (χ2v) is 14.6. The molecule has 0 saturated carbocycles. The van der Waals surface area contributed by atoms with Crippen LogP contribution in [0.15, 0.2) is 72.9 Å². The van der Waals surface area contributed by atoms with E-state index in [-0.39, 0.29) is 12.3 Å². The molecule has 9 nitrogen and oxygen atoms in total. The molecule has 0 bridgehead atoms. The number of anilines is 1. The summed E-state index contributed by atoms with van der Waals surface area (Å²) < 4.78 is 28.0. The number of fused-ring (bicyclic) bond motifs is 3. The van der Waals surface area contributed by atoms with Gasteiger partial charge in [0.05, 0.1) is 11.9 Å². The maximum absolute atomic E-state index is 14.6. The van der Waals surface area contributed by atoms with Crippen molar-refractivity contribution in [2.75, 3.05) is 30.7 Å². The van der Waals surface area contributed by atoms with E-state index in [0.29, 0.717) is 43.2 Å². The number of sulfonamides is 1. The molecule has 236 valence electrons. The maximum atomic E-state index is 14.6. The van der Waals surface area contributed by atoms with Gasteiger partial charge in [0.25, 0.3) is 0 Å². The van der Waals surface area contributed by atoms with Gasteiger partial charge in [-0.3, -0.25) is 13.9 Å². The van der Waals surface area contributed by atoms with Crippen LogP contribution in [0.5, 0.6) is 0 Å². The highest BCUT2D eigenvalue weighted by atomic mass is 35.5. The number of likely N-dealkylation sites (N-methyl/N-ethyl adjacent to an activating group) is 1. The number of nitrogens with one attached hydrogen (secondary N) is 3. The number of amides is 2. The van der Waals surface area contributed by atoms with Gasteiger partial charge in [-0.2, -0.15) is 0 Å². The Morgan fingerprint density at radius 3 is 2.53 bits per heavy atom. The standard InChI is InChI=1S/C34H38ClN5O4S/c1-22-16-23(18-25(35)17-22)21-39(2)33(42)29(19-24-20-37-28-10-6-4-8-26(24)28)38-32(41)31-34(12-14-36-15-13-34)27-9-5-7-11-30(27)40(31)45(3,43)44/h4-11,16-18,20,29,31,36-37H,12-15,19,21H2,1-3H3,(H,38,41)/t29-,31?/m0/s1. The maximum Gasteiger partial charge on any atom is 0.245 e. The van der Waals surface area contributed by atoms with E-state index in [1.165, 1.54) is 4.31 Å². The molecule has 45 heavy (non-hydrogen) atoms. The minimum Gasteiger partial charge on any atom is -0.361 e. The lowest BCUT2D eigenvalue weighted by molar-refractivity contribution is -0.136. The number of hydrogen-bond acceptors (Lipinski definition) is 5. The number of para-hydroxylation sites is 2. The van der Waals surface area contributed by atoms with Crippen LogP contribution in [0.4, 0.5) is 5.69 Å². The molecule has 4 aromatic rings. The zero-order valence-corrected chi connectivity index (χ0v) is 27.2. The van der Waals surface area contributed by atoms with Crippen LogP contribution < -0.4 is 14.9 Å². The van der Waals surface area contributed by atoms with Gasteiger partial charge in [0.2, 0.25) is 21.8 Å². The molecule has 2 amide bonds. The first-order valence-electron chi connectivity index (χ1n) is 15.1. The van der Waals surface area contributed by atoms with Gasteiger partial charge >= 0.3 is 0 Å². The molecule has 3 N–H and O–H groups in total. The van der Waals surface area contributed by atoms with Crippen LogP contribution in [0.1, 0.15) is 35.1 Å². The monoisotopic (exact) mass is 647 g/mol. The number of nitrogens with zero attached hydrogens (tertiary/aromatic N) is 2. The number of aromatic amines is 1. The Balaban J connectivity index is 1.37. The Labute approximate surface area is 269 Å². The van der Waals surface area contributed by atoms with Crippen molar-refractivity contribution in [3.05, 3.63) is 100 Å². The fraction of sp³-hybridized carbons (Fsp3) is 0.353. The van der Waals surface area contributed by atoms with Crippen LogP contribution in [0, 0.1) is 6.92 Å². The van der Waals surface area contributed by atoms with Crippen LogP contribution in [0.25, 0.3) is 10.9 Å². The highest BCUT2D eigenvalue weighted by Gasteiger charge is 2.57. The summed E-state index contributed by atoms with van der Waals surface area (Å²) in [5.41, 5.74) is 4.30. The summed E-state index contributed by atoms with van der Waals surface area (Å²) in [5.74, 6) is -0.768. The molecule has 2 aliphatic rings. The van der Waals surface area contributed by atoms with Crippen molar-refractivity contribution in [3.63, 3.8) is 0 Å². The SMILES string of the molecule is Cc1cc(Cl)cc(CN(C)C(=O)[C@H](Cc2c[nH]c3ccccc23)NC(=O)C2N(S(C)(=O)=O)c3ccccc3C23CCNCC3)c1. The first-order valence-corrected chi connectivity index (χ1v) is 17.4. The average Bonchev–Trinajstić information content (AvgIpc) is 3.53. The number of hydrogen-bond donors (Lipinski definition) is 3. The molecule has 6 rings (SSSR count). The molecule has 0 aliphatic carbocycles. The lowest BCUT2D eigenvalue weighted by Gasteiger charge is -2.41. The lowest BCUT2D eigenvalue weighted by atomic mass is 9.69. The van der Waals surface area contributed by atoms with E-state index in [2.05, 4.69) is 15.6 Å². The third kappa shape index (κ3) is 5.94. The Bertz CT molecular complexity index is 1850. The largest absolute Gasteiger partial charge is 0.361 e. The van der Waals surface area contributed by atoms with Crippen LogP contribution in [0.3, 0.4) is 0 Å². The molecule has 1 saturated heterocycles. The third-order valence-electron chi connectivity index (χ3n) is 9.15. The van der Waals surface area contributed by atoms with Gasteiger partial charge in [0.15, 0.2) is 0 Å². The van der Waals surface area contributed by atoms with E-state index >= 15 is 0 Å². The quantitative estimate of drug-likeness (QED) is 0.264. The van der Waals surface area contributed by atoms with Crippen molar-refractivity contribution >= 4 is 50.0 Å². The molecule has 0 radical (unpaired) electrons. The van der Waals surface area contributed by atoms with Crippen molar-refractivity contribution in [3.8, 4) is 0 Å². The molecule has 1 fully saturated rings. The number of piperidine rings is 1. The van der Waals surface area contributed by atoms with E-state index < -0.39 is 33.4 Å². The van der Waals surface area contributed by atoms with Crippen molar-refractivity contribution in [2.45, 2.75) is 50.2 Å². The molecule has 1 unspecified atom stereocenters. The van der Waals surface area contributed by atoms with E-state index in [9.17, 15) is 18.0 Å². The molecule has 11 heteroatoms. The number of H-pyrrole nitrogens is 1. The van der Waals surface area contributed by atoms with E-state index in [0.717, 1.165) is 39.4 Å². The minimum atomic E-state index is -3.85. The highest BCUT2D eigenvalue weighted by molar-refractivity contribution is 7.92. The lowest BCUT2D eigenvalue weighted by Crippen LogP contribution is -2.61. The fourth-order valence-corrected chi connectivity index (χ4v) is 8.74. The Morgan fingerprint density at radius 2 is 1.80 bits per heavy atom. The topological polar surface area (TPSA) is 115 Å². The normalized spacial score (nSPS) is 18.1. The van der Waals surface area contributed by atoms with Gasteiger partial charge in [0, 0.05) is 47.6 Å². The second-order valence-electron chi connectivity index (χ2n) is 12.3. The summed E-state index contributed by atoms with van der Waals surface area (Å²) in [6, 6.07) is 18.9. The van der Waals surface area contributed by atoms with E-state index in [4.69, 9.17) is 11.6 Å². The molecule has 3 aromatic carbocycles. The highest BCUT2D eigenvalue weighted by Crippen LogP contribution is 2.51. The summed E-state index contributed by atoms with van der Waals surface area (Å²) in [6.07, 6.45) is 4.40. The number of rotatable bonds is 8. The van der Waals surface area contributed by atoms with Crippen LogP contribution >= 0.6 is 11.6 Å². The summed E-state index contributed by atoms with van der Waals surface area (Å²) in [4.78, 5) is 33.7. The van der Waals surface area contributed by atoms with E-state index in [1.54, 1.807) is 24.1 Å². The summed E-state index contributed by atoms with van der Waals surface area (Å²) in [7, 11) is -2.14. The Morgan fingerprint density at radius 1 is 1.09 bits per heavy atom. The van der Waals surface area contributed by atoms with Gasteiger partial charge in [-0.05, 0) is 79.4 Å². The molecule has 1 spiro atoms. The van der Waals surface area contributed by atoms with Crippen molar-refractivity contribution < 1.29 is 18.0 Å². The zero-order chi connectivity index (χ0) is 31.9. The number of carbonyl (C=O) groups excluding carboxylic acids is 2. The summed E-state index contributed by atoms with van der Waals surface area (Å²) >= 11 is 6.31. The predicted octanol–water partition coefficient (Wildman–Crippen LogP) is 4.29. The molecule has 3 heterocycles. The van der Waals surface area contributed by atoms with Gasteiger partial charge in [-0.1, -0.05) is 54.1 Å². The molecule has 2 aliphatic heterocycles. The predicted molar refractivity (Wildman–Crippen MR) is 178 cm³/mol. The smallest absolute Gasteiger partial charge is 0.245 e. The number of benzene rings is 3. The van der Waals surface area contributed by atoms with E-state index in [1.807, 2.05) is 67.7 Å². The second kappa shape index (κ2) is 12.2. The van der Waals surface area contributed by atoms with Crippen LogP contribution in [-0.4, -0.2) is 68.6 Å². The Kier molecular flexibility index (Phi) is 8.41. The number of aromatic nitrogens is 1. The fourth-order valence-electron chi connectivity index (χ4n) is 7.23. The van der Waals surface area contributed by atoms with Crippen molar-refractivity contribution in [2.24, 2.45) is 0 Å². The number of aryl methyl sites for hydroxylation is 1. The van der Waals surface area contributed by atoms with Gasteiger partial charge in [-0.15, -0.1) is 0 Å². The van der Waals surface area contributed by atoms with Crippen molar-refractivity contribution in [1.29, 1.82) is 0 Å². The summed E-state index contributed by atoms with van der Waals surface area (Å²) in [5, 5.41) is 7.96. The van der Waals surface area contributed by atoms with Crippen LogP contribution in [0.2, 0.25) is 5.02 Å². The molecule has 1 aromatic heterocycles. The molecular weight excluding hydrogens is 610 g/mol. The summed E-state index contributed by atoms with van der Waals surface area (Å²) in [6.45, 7) is 3.53. The number of halogens is 1. The van der Waals surface area contributed by atoms with Gasteiger partial charge < -0.3 is 20.5 Å². The average molecular weight is 648 g/mol. The first kappa shape index (κ1) is 31.1. The Hall–Kier alpha value is -3.86. The van der Waals surface area contributed by atoms with Crippen molar-refractivity contribution in [1.82, 2.24) is 20.5 Å². The van der Waals surface area contributed by atoms with Crippen LogP contribution in [-0.2, 0) is 38.0 Å². The first-order chi connectivity index (χ1) is 21.5. The van der Waals surface area contributed by atoms with Gasteiger partial charge in [0.1, 0.15) is 12.1 Å². The minimum absolute atomic E-state index is 0.223. The molecule has 2 atom stereocenters. The van der Waals surface area contributed by atoms with Gasteiger partial charge in [-0.25, -0.2) is 8.42 Å². The zero-order valence-electron chi connectivity index (χ0n) is 25.6. The molecular formula is C34H38ClN5O4S. The third-order valence-corrected chi connectivity index (χ3v) is 10.5. The number of carbonyl (C=O) groups is 2.